The van der Waals surface area contributed by atoms with Crippen molar-refractivity contribution in [2.75, 3.05) is 0 Å². The van der Waals surface area contributed by atoms with Crippen molar-refractivity contribution in [2.24, 2.45) is 0 Å². The lowest BCUT2D eigenvalue weighted by Crippen LogP contribution is -2.12. The van der Waals surface area contributed by atoms with Crippen LogP contribution in [0.5, 0.6) is 5.75 Å². The summed E-state index contributed by atoms with van der Waals surface area (Å²) in [5, 5.41) is 9.82. The molecule has 0 bridgehead atoms. The van der Waals surface area contributed by atoms with Gasteiger partial charge in [0.2, 0.25) is 0 Å². The summed E-state index contributed by atoms with van der Waals surface area (Å²) < 4.78 is 21.7. The highest BCUT2D eigenvalue weighted by molar-refractivity contribution is 7.98. The van der Waals surface area contributed by atoms with Gasteiger partial charge in [-0.05, 0) is 37.6 Å². The van der Waals surface area contributed by atoms with Crippen LogP contribution in [0.25, 0.3) is 0 Å². The van der Waals surface area contributed by atoms with Crippen LogP contribution in [-0.4, -0.2) is 14.8 Å². The molecule has 3 rings (SSSR count). The number of hydrogen-bond donors (Lipinski definition) is 0. The third-order valence-electron chi connectivity index (χ3n) is 3.88. The number of halogens is 2. The molecule has 1 aromatic heterocycles. The number of rotatable bonds is 7. The molecule has 0 aliphatic heterocycles. The Hall–Kier alpha value is -2.05. The van der Waals surface area contributed by atoms with E-state index in [0.717, 1.165) is 5.16 Å². The maximum Gasteiger partial charge on any atom is 0.191 e. The van der Waals surface area contributed by atoms with E-state index in [4.69, 9.17) is 16.3 Å². The predicted octanol–water partition coefficient (Wildman–Crippen LogP) is 5.52. The van der Waals surface area contributed by atoms with Gasteiger partial charge in [-0.3, -0.25) is 0 Å². The summed E-state index contributed by atoms with van der Waals surface area (Å²) in [5.74, 6) is 1.60. The van der Waals surface area contributed by atoms with E-state index in [2.05, 4.69) is 10.2 Å². The quantitative estimate of drug-likeness (QED) is 0.497. The van der Waals surface area contributed by atoms with E-state index in [1.165, 1.54) is 17.8 Å². The summed E-state index contributed by atoms with van der Waals surface area (Å²) in [7, 11) is 0. The van der Waals surface area contributed by atoms with Crippen LogP contribution in [0.2, 0.25) is 5.02 Å². The highest BCUT2D eigenvalue weighted by Gasteiger charge is 2.19. The van der Waals surface area contributed by atoms with Gasteiger partial charge >= 0.3 is 0 Å². The first-order chi connectivity index (χ1) is 12.6. The van der Waals surface area contributed by atoms with Crippen molar-refractivity contribution >= 4 is 23.4 Å². The minimum atomic E-state index is -0.315. The lowest BCUT2D eigenvalue weighted by atomic mass is 10.2. The average molecular weight is 392 g/mol. The number of thioether (sulfide) groups is 1. The van der Waals surface area contributed by atoms with Crippen molar-refractivity contribution in [3.05, 3.63) is 70.8 Å². The number of aromatic nitrogens is 3. The number of hydrogen-bond acceptors (Lipinski definition) is 4. The Labute approximate surface area is 161 Å². The predicted molar refractivity (Wildman–Crippen MR) is 102 cm³/mol. The fourth-order valence-electron chi connectivity index (χ4n) is 2.55. The van der Waals surface area contributed by atoms with E-state index in [0.29, 0.717) is 34.5 Å². The first kappa shape index (κ1) is 18.7. The second-order valence-electron chi connectivity index (χ2n) is 5.66. The lowest BCUT2D eigenvalue weighted by molar-refractivity contribution is 0.210. The van der Waals surface area contributed by atoms with Gasteiger partial charge in [0.05, 0.1) is 5.02 Å². The van der Waals surface area contributed by atoms with Crippen molar-refractivity contribution in [1.29, 1.82) is 0 Å². The zero-order chi connectivity index (χ0) is 18.5. The van der Waals surface area contributed by atoms with E-state index >= 15 is 0 Å². The molecule has 0 spiro atoms. The Balaban J connectivity index is 1.75. The van der Waals surface area contributed by atoms with E-state index in [1.807, 2.05) is 42.7 Å². The van der Waals surface area contributed by atoms with Crippen LogP contribution in [-0.2, 0) is 12.3 Å². The molecule has 0 N–H and O–H groups in total. The molecule has 1 heterocycles. The molecule has 7 heteroatoms. The van der Waals surface area contributed by atoms with Crippen molar-refractivity contribution in [3.8, 4) is 5.75 Å². The average Bonchev–Trinajstić information content (AvgIpc) is 3.06. The van der Waals surface area contributed by atoms with Crippen LogP contribution in [0.15, 0.2) is 53.7 Å². The van der Waals surface area contributed by atoms with Gasteiger partial charge in [0.1, 0.15) is 11.6 Å². The SMILES string of the molecule is CCn1c(SCc2ccccc2F)nnc1C(C)Oc1ccccc1Cl. The largest absolute Gasteiger partial charge is 0.481 e. The van der Waals surface area contributed by atoms with E-state index in [-0.39, 0.29) is 11.9 Å². The molecule has 0 amide bonds. The van der Waals surface area contributed by atoms with Gasteiger partial charge in [-0.2, -0.15) is 0 Å². The molecule has 0 aliphatic rings. The molecule has 1 unspecified atom stereocenters. The second-order valence-corrected chi connectivity index (χ2v) is 7.01. The van der Waals surface area contributed by atoms with Crippen LogP contribution in [0.4, 0.5) is 4.39 Å². The fraction of sp³-hybridized carbons (Fsp3) is 0.263. The summed E-state index contributed by atoms with van der Waals surface area (Å²) in [6.07, 6.45) is -0.315. The Morgan fingerprint density at radius 2 is 1.88 bits per heavy atom. The highest BCUT2D eigenvalue weighted by Crippen LogP contribution is 2.30. The van der Waals surface area contributed by atoms with E-state index in [9.17, 15) is 4.39 Å². The topological polar surface area (TPSA) is 39.9 Å². The molecule has 3 aromatic rings. The van der Waals surface area contributed by atoms with E-state index in [1.54, 1.807) is 18.2 Å². The standard InChI is InChI=1S/C19H19ClFN3OS/c1-3-24-18(13(2)25-17-11-7-5-9-15(17)20)22-23-19(24)26-12-14-8-4-6-10-16(14)21/h4-11,13H,3,12H2,1-2H3. The van der Waals surface area contributed by atoms with Gasteiger partial charge in [-0.15, -0.1) is 10.2 Å². The van der Waals surface area contributed by atoms with Crippen LogP contribution >= 0.6 is 23.4 Å². The van der Waals surface area contributed by atoms with Crippen LogP contribution in [0, 0.1) is 5.82 Å². The Morgan fingerprint density at radius 1 is 1.15 bits per heavy atom. The molecule has 0 saturated carbocycles. The molecule has 136 valence electrons. The Kier molecular flexibility index (Phi) is 6.16. The van der Waals surface area contributed by atoms with Crippen molar-refractivity contribution in [1.82, 2.24) is 14.8 Å². The molecular weight excluding hydrogens is 373 g/mol. The maximum absolute atomic E-state index is 13.8. The minimum absolute atomic E-state index is 0.210. The summed E-state index contributed by atoms with van der Waals surface area (Å²) in [5.41, 5.74) is 0.644. The Bertz CT molecular complexity index is 887. The molecule has 0 aliphatic carbocycles. The highest BCUT2D eigenvalue weighted by atomic mass is 35.5. The fourth-order valence-corrected chi connectivity index (χ4v) is 3.72. The number of benzene rings is 2. The molecule has 0 radical (unpaired) electrons. The number of nitrogens with zero attached hydrogens (tertiary/aromatic N) is 3. The van der Waals surface area contributed by atoms with E-state index < -0.39 is 0 Å². The molecule has 0 saturated heterocycles. The second kappa shape index (κ2) is 8.56. The molecule has 2 aromatic carbocycles. The minimum Gasteiger partial charge on any atom is -0.481 e. The zero-order valence-corrected chi connectivity index (χ0v) is 16.1. The summed E-state index contributed by atoms with van der Waals surface area (Å²) >= 11 is 7.61. The maximum atomic E-state index is 13.8. The van der Waals surface area contributed by atoms with Gasteiger partial charge in [0.15, 0.2) is 17.1 Å². The first-order valence-electron chi connectivity index (χ1n) is 8.30. The van der Waals surface area contributed by atoms with Crippen molar-refractivity contribution in [2.45, 2.75) is 37.4 Å². The number of para-hydroxylation sites is 1. The Morgan fingerprint density at radius 3 is 2.62 bits per heavy atom. The number of ether oxygens (including phenoxy) is 1. The molecular formula is C19H19ClFN3OS. The molecule has 1 atom stereocenters. The van der Waals surface area contributed by atoms with Crippen molar-refractivity contribution in [3.63, 3.8) is 0 Å². The summed E-state index contributed by atoms with van der Waals surface area (Å²) in [6, 6.07) is 14.1. The smallest absolute Gasteiger partial charge is 0.191 e. The summed E-state index contributed by atoms with van der Waals surface area (Å²) in [4.78, 5) is 0. The van der Waals surface area contributed by atoms with Gasteiger partial charge in [-0.25, -0.2) is 4.39 Å². The zero-order valence-electron chi connectivity index (χ0n) is 14.5. The summed E-state index contributed by atoms with van der Waals surface area (Å²) in [6.45, 7) is 4.62. The monoisotopic (exact) mass is 391 g/mol. The third-order valence-corrected chi connectivity index (χ3v) is 5.21. The van der Waals surface area contributed by atoms with Crippen LogP contribution < -0.4 is 4.74 Å². The third kappa shape index (κ3) is 4.19. The first-order valence-corrected chi connectivity index (χ1v) is 9.67. The van der Waals surface area contributed by atoms with Crippen molar-refractivity contribution < 1.29 is 9.13 Å². The van der Waals surface area contributed by atoms with Gasteiger partial charge in [0, 0.05) is 12.3 Å². The van der Waals surface area contributed by atoms with Crippen LogP contribution in [0.3, 0.4) is 0 Å². The molecule has 4 nitrogen and oxygen atoms in total. The van der Waals surface area contributed by atoms with Gasteiger partial charge in [-0.1, -0.05) is 53.7 Å². The molecule has 0 fully saturated rings. The van der Waals surface area contributed by atoms with Gasteiger partial charge < -0.3 is 9.30 Å². The van der Waals surface area contributed by atoms with Gasteiger partial charge in [0.25, 0.3) is 0 Å². The molecule has 26 heavy (non-hydrogen) atoms. The lowest BCUT2D eigenvalue weighted by Gasteiger charge is -2.16. The normalized spacial score (nSPS) is 12.2. The van der Waals surface area contributed by atoms with Crippen LogP contribution in [0.1, 0.15) is 31.3 Å².